The Morgan fingerprint density at radius 1 is 1.69 bits per heavy atom. The summed E-state index contributed by atoms with van der Waals surface area (Å²) in [6, 6.07) is 0. The topological polar surface area (TPSA) is 34.1 Å². The van der Waals surface area contributed by atoms with E-state index in [0.717, 1.165) is 23.8 Å². The lowest BCUT2D eigenvalue weighted by Crippen LogP contribution is -2.25. The molecule has 0 spiro atoms. The molecule has 1 aromatic rings. The number of nitrogens with zero attached hydrogens (tertiary/aromatic N) is 1. The smallest absolute Gasteiger partial charge is 0.0897 e. The molecule has 74 valence electrons. The minimum atomic E-state index is 0.264. The molecule has 0 aromatic carbocycles. The Balaban J connectivity index is 2.20. The van der Waals surface area contributed by atoms with E-state index in [0.29, 0.717) is 0 Å². The van der Waals surface area contributed by atoms with E-state index in [1.807, 2.05) is 13.8 Å². The lowest BCUT2D eigenvalue weighted by Gasteiger charge is -2.09. The van der Waals surface area contributed by atoms with E-state index in [9.17, 15) is 0 Å². The van der Waals surface area contributed by atoms with E-state index >= 15 is 0 Å². The highest BCUT2D eigenvalue weighted by molar-refractivity contribution is 7.09. The summed E-state index contributed by atoms with van der Waals surface area (Å²) in [5, 5.41) is 6.49. The van der Waals surface area contributed by atoms with Crippen LogP contribution in [0, 0.1) is 6.92 Å². The normalized spacial score (nSPS) is 13.2. The number of methoxy groups -OCH3 is 1. The first-order valence-electron chi connectivity index (χ1n) is 4.37. The second-order valence-corrected chi connectivity index (χ2v) is 4.10. The largest absolute Gasteiger partial charge is 0.380 e. The van der Waals surface area contributed by atoms with Gasteiger partial charge in [-0.25, -0.2) is 4.98 Å². The maximum Gasteiger partial charge on any atom is 0.0897 e. The number of hydrogen-bond donors (Lipinski definition) is 1. The third-order valence-corrected chi connectivity index (χ3v) is 2.63. The van der Waals surface area contributed by atoms with Crippen molar-refractivity contribution in [1.82, 2.24) is 10.3 Å². The molecule has 1 heterocycles. The van der Waals surface area contributed by atoms with Gasteiger partial charge in [-0.1, -0.05) is 0 Å². The van der Waals surface area contributed by atoms with Crippen LogP contribution in [-0.4, -0.2) is 24.7 Å². The Kier molecular flexibility index (Phi) is 4.35. The summed E-state index contributed by atoms with van der Waals surface area (Å²) in [6.07, 6.45) is 0.264. The molecule has 0 fully saturated rings. The molecule has 1 N–H and O–H groups in total. The van der Waals surface area contributed by atoms with Crippen LogP contribution in [0.4, 0.5) is 0 Å². The molecule has 1 atom stereocenters. The molecule has 0 radical (unpaired) electrons. The molecule has 1 aromatic heterocycles. The molecule has 0 saturated carbocycles. The summed E-state index contributed by atoms with van der Waals surface area (Å²) >= 11 is 1.69. The van der Waals surface area contributed by atoms with Gasteiger partial charge >= 0.3 is 0 Å². The molecule has 0 bridgehead atoms. The first-order chi connectivity index (χ1) is 6.22. The van der Waals surface area contributed by atoms with Gasteiger partial charge in [-0.15, -0.1) is 11.3 Å². The summed E-state index contributed by atoms with van der Waals surface area (Å²) < 4.78 is 5.11. The maximum absolute atomic E-state index is 5.11. The van der Waals surface area contributed by atoms with Crippen LogP contribution in [0.3, 0.4) is 0 Å². The second kappa shape index (κ2) is 5.32. The Hall–Kier alpha value is -0.450. The maximum atomic E-state index is 5.11. The molecular weight excluding hydrogens is 184 g/mol. The monoisotopic (exact) mass is 200 g/mol. The second-order valence-electron chi connectivity index (χ2n) is 3.04. The van der Waals surface area contributed by atoms with Gasteiger partial charge in [0.15, 0.2) is 0 Å². The van der Waals surface area contributed by atoms with E-state index in [4.69, 9.17) is 4.74 Å². The number of aryl methyl sites for hydroxylation is 1. The molecule has 0 aliphatic rings. The average molecular weight is 200 g/mol. The van der Waals surface area contributed by atoms with Gasteiger partial charge in [-0.2, -0.15) is 0 Å². The first kappa shape index (κ1) is 10.6. The van der Waals surface area contributed by atoms with E-state index < -0.39 is 0 Å². The molecular formula is C9H16N2OS. The lowest BCUT2D eigenvalue weighted by atomic mass is 10.4. The van der Waals surface area contributed by atoms with Crippen LogP contribution >= 0.6 is 11.3 Å². The zero-order valence-corrected chi connectivity index (χ0v) is 9.15. The predicted octanol–water partition coefficient (Wildman–Crippen LogP) is 1.58. The fraction of sp³-hybridized carbons (Fsp3) is 0.667. The molecule has 3 nitrogen and oxygen atoms in total. The SMILES string of the molecule is COC(C)CNCc1csc(C)n1. The fourth-order valence-corrected chi connectivity index (χ4v) is 1.59. The zero-order valence-electron chi connectivity index (χ0n) is 8.33. The summed E-state index contributed by atoms with van der Waals surface area (Å²) in [7, 11) is 1.72. The van der Waals surface area contributed by atoms with Gasteiger partial charge < -0.3 is 10.1 Å². The van der Waals surface area contributed by atoms with Crippen LogP contribution in [0.5, 0.6) is 0 Å². The van der Waals surface area contributed by atoms with Gasteiger partial charge in [-0.05, 0) is 13.8 Å². The van der Waals surface area contributed by atoms with Crippen molar-refractivity contribution in [2.45, 2.75) is 26.5 Å². The summed E-state index contributed by atoms with van der Waals surface area (Å²) in [5.41, 5.74) is 1.12. The molecule has 13 heavy (non-hydrogen) atoms. The molecule has 0 aliphatic heterocycles. The van der Waals surface area contributed by atoms with Crippen molar-refractivity contribution in [2.24, 2.45) is 0 Å². The van der Waals surface area contributed by atoms with Crippen LogP contribution in [0.1, 0.15) is 17.6 Å². The van der Waals surface area contributed by atoms with Crippen molar-refractivity contribution in [2.75, 3.05) is 13.7 Å². The van der Waals surface area contributed by atoms with Crippen molar-refractivity contribution in [3.05, 3.63) is 16.1 Å². The molecule has 0 amide bonds. The van der Waals surface area contributed by atoms with Crippen molar-refractivity contribution < 1.29 is 4.74 Å². The number of aromatic nitrogens is 1. The Morgan fingerprint density at radius 3 is 3.00 bits per heavy atom. The molecule has 1 rings (SSSR count). The number of ether oxygens (including phenoxy) is 1. The van der Waals surface area contributed by atoms with Crippen LogP contribution < -0.4 is 5.32 Å². The highest BCUT2D eigenvalue weighted by atomic mass is 32.1. The Labute approximate surface area is 83.1 Å². The van der Waals surface area contributed by atoms with Gasteiger partial charge in [-0.3, -0.25) is 0 Å². The van der Waals surface area contributed by atoms with Gasteiger partial charge in [0.25, 0.3) is 0 Å². The van der Waals surface area contributed by atoms with Crippen LogP contribution in [0.2, 0.25) is 0 Å². The van der Waals surface area contributed by atoms with Gasteiger partial charge in [0.2, 0.25) is 0 Å². The standard InChI is InChI=1S/C9H16N2OS/c1-7(12-3)4-10-5-9-6-13-8(2)11-9/h6-7,10H,4-5H2,1-3H3. The number of nitrogens with one attached hydrogen (secondary N) is 1. The van der Waals surface area contributed by atoms with E-state index in [1.54, 1.807) is 18.4 Å². The predicted molar refractivity (Wildman–Crippen MR) is 55.0 cm³/mol. The van der Waals surface area contributed by atoms with Gasteiger partial charge in [0, 0.05) is 25.6 Å². The Morgan fingerprint density at radius 2 is 2.46 bits per heavy atom. The van der Waals surface area contributed by atoms with Crippen LogP contribution in [0.15, 0.2) is 5.38 Å². The van der Waals surface area contributed by atoms with Gasteiger partial charge in [0.1, 0.15) is 0 Å². The average Bonchev–Trinajstić information content (AvgIpc) is 2.51. The van der Waals surface area contributed by atoms with Crippen LogP contribution in [-0.2, 0) is 11.3 Å². The zero-order chi connectivity index (χ0) is 9.68. The molecule has 0 saturated heterocycles. The minimum absolute atomic E-state index is 0.264. The summed E-state index contributed by atoms with van der Waals surface area (Å²) in [6.45, 7) is 5.76. The third kappa shape index (κ3) is 3.85. The van der Waals surface area contributed by atoms with Crippen molar-refractivity contribution in [3.63, 3.8) is 0 Å². The minimum Gasteiger partial charge on any atom is -0.380 e. The third-order valence-electron chi connectivity index (χ3n) is 1.81. The quantitative estimate of drug-likeness (QED) is 0.783. The summed E-state index contributed by atoms with van der Waals surface area (Å²) in [5.74, 6) is 0. The van der Waals surface area contributed by atoms with Crippen molar-refractivity contribution in [3.8, 4) is 0 Å². The Bertz CT molecular complexity index is 250. The van der Waals surface area contributed by atoms with E-state index in [1.165, 1.54) is 0 Å². The lowest BCUT2D eigenvalue weighted by molar-refractivity contribution is 0.117. The number of thiazole rings is 1. The van der Waals surface area contributed by atoms with E-state index in [2.05, 4.69) is 15.7 Å². The van der Waals surface area contributed by atoms with Crippen LogP contribution in [0.25, 0.3) is 0 Å². The van der Waals surface area contributed by atoms with Gasteiger partial charge in [0.05, 0.1) is 16.8 Å². The van der Waals surface area contributed by atoms with E-state index in [-0.39, 0.29) is 6.10 Å². The van der Waals surface area contributed by atoms with Crippen molar-refractivity contribution in [1.29, 1.82) is 0 Å². The number of rotatable bonds is 5. The highest BCUT2D eigenvalue weighted by Crippen LogP contribution is 2.07. The molecule has 1 unspecified atom stereocenters. The number of hydrogen-bond acceptors (Lipinski definition) is 4. The highest BCUT2D eigenvalue weighted by Gasteiger charge is 2.00. The molecule has 0 aliphatic carbocycles. The summed E-state index contributed by atoms with van der Waals surface area (Å²) in [4.78, 5) is 4.35. The van der Waals surface area contributed by atoms with Crippen molar-refractivity contribution >= 4 is 11.3 Å². The fourth-order valence-electron chi connectivity index (χ4n) is 0.976. The first-order valence-corrected chi connectivity index (χ1v) is 5.25. The molecule has 4 heteroatoms.